The van der Waals surface area contributed by atoms with Gasteiger partial charge >= 0.3 is 0 Å². The van der Waals surface area contributed by atoms with Gasteiger partial charge in [-0.15, -0.1) is 0 Å². The Morgan fingerprint density at radius 2 is 1.81 bits per heavy atom. The van der Waals surface area contributed by atoms with Crippen molar-refractivity contribution in [3.05, 3.63) is 69.8 Å². The molecular formula is C18H20N4O4S. The lowest BCUT2D eigenvalue weighted by Crippen LogP contribution is -2.18. The van der Waals surface area contributed by atoms with Gasteiger partial charge in [-0.05, 0) is 36.8 Å². The minimum absolute atomic E-state index is 0.222. The summed E-state index contributed by atoms with van der Waals surface area (Å²) >= 11 is 0. The molecule has 0 bridgehead atoms. The van der Waals surface area contributed by atoms with Crippen molar-refractivity contribution in [2.24, 2.45) is 5.10 Å². The summed E-state index contributed by atoms with van der Waals surface area (Å²) < 4.78 is 24.4. The molecule has 0 atom stereocenters. The fraction of sp³-hybridized carbons (Fsp3) is 0.167. The quantitative estimate of drug-likeness (QED) is 0.446. The number of allylic oxidation sites excluding steroid dienone is 1. The van der Waals surface area contributed by atoms with E-state index in [0.717, 1.165) is 17.3 Å². The van der Waals surface area contributed by atoms with E-state index in [-0.39, 0.29) is 10.6 Å². The predicted octanol–water partition coefficient (Wildman–Crippen LogP) is 2.95. The highest BCUT2D eigenvalue weighted by atomic mass is 32.2. The lowest BCUT2D eigenvalue weighted by Gasteiger charge is -2.11. The molecule has 0 radical (unpaired) electrons. The summed E-state index contributed by atoms with van der Waals surface area (Å²) in [4.78, 5) is 14.1. The van der Waals surface area contributed by atoms with Gasteiger partial charge in [-0.2, -0.15) is 13.5 Å². The van der Waals surface area contributed by atoms with Crippen LogP contribution in [0, 0.1) is 17.0 Å². The normalized spacial score (nSPS) is 11.8. The summed E-state index contributed by atoms with van der Waals surface area (Å²) in [5, 5.41) is 14.6. The van der Waals surface area contributed by atoms with Crippen LogP contribution in [0.25, 0.3) is 6.08 Å². The topological polar surface area (TPSA) is 105 Å². The molecule has 0 aliphatic heterocycles. The average molecular weight is 388 g/mol. The highest BCUT2D eigenvalue weighted by Crippen LogP contribution is 2.22. The molecular weight excluding hydrogens is 368 g/mol. The minimum atomic E-state index is -3.99. The second kappa shape index (κ2) is 8.45. The first-order chi connectivity index (χ1) is 12.7. The van der Waals surface area contributed by atoms with E-state index < -0.39 is 14.9 Å². The maximum Gasteiger partial charge on any atom is 0.276 e. The van der Waals surface area contributed by atoms with Crippen LogP contribution in [0.3, 0.4) is 0 Å². The summed E-state index contributed by atoms with van der Waals surface area (Å²) in [5.74, 6) is 0. The van der Waals surface area contributed by atoms with Gasteiger partial charge < -0.3 is 4.90 Å². The molecule has 0 heterocycles. The van der Waals surface area contributed by atoms with Gasteiger partial charge in [0.2, 0.25) is 0 Å². The van der Waals surface area contributed by atoms with Crippen molar-refractivity contribution in [1.82, 2.24) is 4.83 Å². The second-order valence-corrected chi connectivity index (χ2v) is 7.58. The van der Waals surface area contributed by atoms with Gasteiger partial charge in [0.05, 0.1) is 9.82 Å². The van der Waals surface area contributed by atoms with E-state index in [9.17, 15) is 18.5 Å². The van der Waals surface area contributed by atoms with E-state index in [2.05, 4.69) is 5.10 Å². The van der Waals surface area contributed by atoms with Gasteiger partial charge in [-0.1, -0.05) is 24.3 Å². The molecule has 0 aliphatic carbocycles. The number of sulfonamides is 1. The highest BCUT2D eigenvalue weighted by molar-refractivity contribution is 7.89. The van der Waals surface area contributed by atoms with Crippen LogP contribution in [-0.2, 0) is 10.0 Å². The van der Waals surface area contributed by atoms with Crippen molar-refractivity contribution in [2.75, 3.05) is 19.0 Å². The molecule has 0 spiro atoms. The third-order valence-electron chi connectivity index (χ3n) is 3.72. The lowest BCUT2D eigenvalue weighted by atomic mass is 10.2. The summed E-state index contributed by atoms with van der Waals surface area (Å²) in [5.41, 5.74) is 2.12. The summed E-state index contributed by atoms with van der Waals surface area (Å²) in [6.45, 7) is 1.54. The van der Waals surface area contributed by atoms with Crippen molar-refractivity contribution in [3.63, 3.8) is 0 Å². The molecule has 0 fully saturated rings. The molecule has 0 unspecified atom stereocenters. The SMILES string of the molecule is Cc1ccc(S(=O)(=O)N/N=C/C=C/c2ccc(N(C)C)cc2)cc1[N+](=O)[O-]. The van der Waals surface area contributed by atoms with E-state index in [1.807, 2.05) is 48.1 Å². The van der Waals surface area contributed by atoms with Crippen LogP contribution in [0.15, 0.2) is 58.5 Å². The van der Waals surface area contributed by atoms with Gasteiger partial charge in [-0.25, -0.2) is 4.83 Å². The molecule has 9 heteroatoms. The molecule has 0 saturated carbocycles. The maximum atomic E-state index is 12.2. The number of benzene rings is 2. The smallest absolute Gasteiger partial charge is 0.276 e. The van der Waals surface area contributed by atoms with Crippen molar-refractivity contribution in [3.8, 4) is 0 Å². The van der Waals surface area contributed by atoms with Crippen molar-refractivity contribution < 1.29 is 13.3 Å². The van der Waals surface area contributed by atoms with Crippen molar-refractivity contribution in [1.29, 1.82) is 0 Å². The highest BCUT2D eigenvalue weighted by Gasteiger charge is 2.19. The first kappa shape index (κ1) is 20.1. The standard InChI is InChI=1S/C18H20N4O4S/c1-14-6-11-17(13-18(14)22(23)24)27(25,26)20-19-12-4-5-15-7-9-16(10-8-15)21(2)3/h4-13,20H,1-3H3/b5-4+,19-12+. The summed E-state index contributed by atoms with van der Waals surface area (Å²) in [6, 6.07) is 11.5. The number of nitro benzene ring substituents is 1. The number of aryl methyl sites for hydroxylation is 1. The van der Waals surface area contributed by atoms with Crippen LogP contribution < -0.4 is 9.73 Å². The van der Waals surface area contributed by atoms with E-state index >= 15 is 0 Å². The Morgan fingerprint density at radius 3 is 2.41 bits per heavy atom. The molecule has 0 saturated heterocycles. The van der Waals surface area contributed by atoms with E-state index in [0.29, 0.717) is 5.56 Å². The first-order valence-corrected chi connectivity index (χ1v) is 9.43. The minimum Gasteiger partial charge on any atom is -0.378 e. The Hall–Kier alpha value is -3.20. The van der Waals surface area contributed by atoms with E-state index in [4.69, 9.17) is 0 Å². The Labute approximate surface area is 158 Å². The molecule has 0 aliphatic rings. The molecule has 8 nitrogen and oxygen atoms in total. The zero-order valence-corrected chi connectivity index (χ0v) is 16.0. The van der Waals surface area contributed by atoms with Crippen LogP contribution in [0.5, 0.6) is 0 Å². The number of nitro groups is 1. The number of nitrogens with one attached hydrogen (secondary N) is 1. The van der Waals surface area contributed by atoms with Gasteiger partial charge in [0.25, 0.3) is 15.7 Å². The molecule has 2 aromatic rings. The molecule has 27 heavy (non-hydrogen) atoms. The maximum absolute atomic E-state index is 12.2. The Morgan fingerprint density at radius 1 is 1.15 bits per heavy atom. The number of rotatable bonds is 7. The first-order valence-electron chi connectivity index (χ1n) is 7.94. The summed E-state index contributed by atoms with van der Waals surface area (Å²) in [7, 11) is -0.0837. The fourth-order valence-corrected chi connectivity index (χ4v) is 3.01. The molecule has 0 aromatic heterocycles. The van der Waals surface area contributed by atoms with Gasteiger partial charge in [0.15, 0.2) is 0 Å². The van der Waals surface area contributed by atoms with Gasteiger partial charge in [-0.3, -0.25) is 10.1 Å². The number of hydrazone groups is 1. The fourth-order valence-electron chi connectivity index (χ4n) is 2.19. The molecule has 2 aromatic carbocycles. The average Bonchev–Trinajstić information content (AvgIpc) is 2.61. The van der Waals surface area contributed by atoms with Gasteiger partial charge in [0, 0.05) is 37.6 Å². The second-order valence-electron chi connectivity index (χ2n) is 5.92. The summed E-state index contributed by atoms with van der Waals surface area (Å²) in [6.07, 6.45) is 4.65. The van der Waals surface area contributed by atoms with Crippen molar-refractivity contribution >= 4 is 33.7 Å². The van der Waals surface area contributed by atoms with Crippen LogP contribution in [0.4, 0.5) is 11.4 Å². The number of hydrogen-bond donors (Lipinski definition) is 1. The molecule has 2 rings (SSSR count). The zero-order chi connectivity index (χ0) is 20.0. The third kappa shape index (κ3) is 5.38. The monoisotopic (exact) mass is 388 g/mol. The van der Waals surface area contributed by atoms with Gasteiger partial charge in [0.1, 0.15) is 0 Å². The zero-order valence-electron chi connectivity index (χ0n) is 15.2. The third-order valence-corrected chi connectivity index (χ3v) is 4.94. The molecule has 0 amide bonds. The van der Waals surface area contributed by atoms with Crippen LogP contribution >= 0.6 is 0 Å². The van der Waals surface area contributed by atoms with Crippen LogP contribution in [0.1, 0.15) is 11.1 Å². The molecule has 1 N–H and O–H groups in total. The Balaban J connectivity index is 2.04. The molecule has 142 valence electrons. The Kier molecular flexibility index (Phi) is 6.30. The predicted molar refractivity (Wildman–Crippen MR) is 106 cm³/mol. The number of hydrogen-bond acceptors (Lipinski definition) is 6. The number of anilines is 1. The Bertz CT molecular complexity index is 981. The van der Waals surface area contributed by atoms with Crippen LogP contribution in [0.2, 0.25) is 0 Å². The largest absolute Gasteiger partial charge is 0.378 e. The van der Waals surface area contributed by atoms with Crippen LogP contribution in [-0.4, -0.2) is 33.7 Å². The number of nitrogens with zero attached hydrogens (tertiary/aromatic N) is 3. The van der Waals surface area contributed by atoms with E-state index in [1.54, 1.807) is 12.2 Å². The van der Waals surface area contributed by atoms with Crippen molar-refractivity contribution in [2.45, 2.75) is 11.8 Å². The van der Waals surface area contributed by atoms with E-state index in [1.165, 1.54) is 25.3 Å². The lowest BCUT2D eigenvalue weighted by molar-refractivity contribution is -0.385.